The molecule has 0 saturated heterocycles. The minimum atomic E-state index is -0.958. The average Bonchev–Trinajstić information content (AvgIpc) is 2.50. The Kier molecular flexibility index (Phi) is 7.26. The van der Waals surface area contributed by atoms with Crippen LogP contribution in [0.3, 0.4) is 0 Å². The third kappa shape index (κ3) is 5.69. The summed E-state index contributed by atoms with van der Waals surface area (Å²) in [6, 6.07) is 0. The van der Waals surface area contributed by atoms with Crippen molar-refractivity contribution in [3.63, 3.8) is 0 Å². The molecule has 6 heteroatoms. The van der Waals surface area contributed by atoms with E-state index in [1.54, 1.807) is 0 Å². The van der Waals surface area contributed by atoms with E-state index < -0.39 is 35.8 Å². The molecule has 6 nitrogen and oxygen atoms in total. The molecule has 0 heterocycles. The van der Waals surface area contributed by atoms with Crippen molar-refractivity contribution >= 4 is 17.9 Å². The Labute approximate surface area is 136 Å². The molecule has 0 amide bonds. The van der Waals surface area contributed by atoms with Crippen molar-refractivity contribution < 1.29 is 29.0 Å². The van der Waals surface area contributed by atoms with Gasteiger partial charge in [-0.1, -0.05) is 20.4 Å². The average molecular weight is 326 g/mol. The normalized spacial score (nSPS) is 25.3. The van der Waals surface area contributed by atoms with E-state index in [4.69, 9.17) is 9.47 Å². The van der Waals surface area contributed by atoms with Gasteiger partial charge in [0.25, 0.3) is 0 Å². The Morgan fingerprint density at radius 1 is 1.26 bits per heavy atom. The number of hydrogen-bond donors (Lipinski definition) is 1. The molecule has 23 heavy (non-hydrogen) atoms. The number of rotatable bonds is 7. The molecule has 0 aromatic heterocycles. The lowest BCUT2D eigenvalue weighted by Crippen LogP contribution is -2.38. The van der Waals surface area contributed by atoms with E-state index in [1.165, 1.54) is 6.92 Å². The molecule has 1 rings (SSSR count). The largest absolute Gasteiger partial charge is 0.481 e. The summed E-state index contributed by atoms with van der Waals surface area (Å²) in [5.41, 5.74) is 0.276. The van der Waals surface area contributed by atoms with Gasteiger partial charge >= 0.3 is 17.9 Å². The Bertz CT molecular complexity index is 470. The summed E-state index contributed by atoms with van der Waals surface area (Å²) in [4.78, 5) is 35.1. The molecule has 130 valence electrons. The number of aliphatic carboxylic acids is 1. The third-order valence-electron chi connectivity index (χ3n) is 4.22. The lowest BCUT2D eigenvalue weighted by molar-refractivity contribution is -0.168. The van der Waals surface area contributed by atoms with Gasteiger partial charge in [0.05, 0.1) is 11.8 Å². The summed E-state index contributed by atoms with van der Waals surface area (Å²) >= 11 is 0. The van der Waals surface area contributed by atoms with E-state index in [-0.39, 0.29) is 12.2 Å². The van der Waals surface area contributed by atoms with Gasteiger partial charge in [0, 0.05) is 5.57 Å². The van der Waals surface area contributed by atoms with Crippen molar-refractivity contribution in [2.75, 3.05) is 6.61 Å². The zero-order valence-corrected chi connectivity index (χ0v) is 14.0. The fourth-order valence-corrected chi connectivity index (χ4v) is 2.71. The number of carboxylic acid groups (broad SMARTS) is 1. The Hall–Kier alpha value is -1.85. The maximum absolute atomic E-state index is 12.3. The molecule has 0 radical (unpaired) electrons. The van der Waals surface area contributed by atoms with Gasteiger partial charge < -0.3 is 14.6 Å². The van der Waals surface area contributed by atoms with Crippen molar-refractivity contribution in [1.29, 1.82) is 0 Å². The second-order valence-electron chi connectivity index (χ2n) is 6.32. The van der Waals surface area contributed by atoms with E-state index in [0.29, 0.717) is 25.2 Å². The quantitative estimate of drug-likeness (QED) is 0.571. The summed E-state index contributed by atoms with van der Waals surface area (Å²) < 4.78 is 10.4. The summed E-state index contributed by atoms with van der Waals surface area (Å²) in [7, 11) is 0. The van der Waals surface area contributed by atoms with Crippen LogP contribution < -0.4 is 0 Å². The summed E-state index contributed by atoms with van der Waals surface area (Å²) in [5, 5.41) is 9.32. The highest BCUT2D eigenvalue weighted by Crippen LogP contribution is 2.35. The van der Waals surface area contributed by atoms with Crippen molar-refractivity contribution in [1.82, 2.24) is 0 Å². The van der Waals surface area contributed by atoms with Gasteiger partial charge in [-0.15, -0.1) is 0 Å². The topological polar surface area (TPSA) is 89.9 Å². The summed E-state index contributed by atoms with van der Waals surface area (Å²) in [5.74, 6) is -3.05. The molecular weight excluding hydrogens is 300 g/mol. The van der Waals surface area contributed by atoms with Crippen LogP contribution >= 0.6 is 0 Å². The van der Waals surface area contributed by atoms with Gasteiger partial charge in [-0.05, 0) is 38.5 Å². The molecule has 1 fully saturated rings. The summed E-state index contributed by atoms with van der Waals surface area (Å²) in [6.07, 6.45) is 1.72. The maximum Gasteiger partial charge on any atom is 0.333 e. The van der Waals surface area contributed by atoms with Crippen LogP contribution in [-0.2, 0) is 23.9 Å². The highest BCUT2D eigenvalue weighted by atomic mass is 16.6. The van der Waals surface area contributed by atoms with Gasteiger partial charge in [0.2, 0.25) is 0 Å². The fraction of sp³-hybridized carbons (Fsp3) is 0.706. The van der Waals surface area contributed by atoms with Crippen LogP contribution in [0.25, 0.3) is 0 Å². The van der Waals surface area contributed by atoms with E-state index in [1.807, 2.05) is 13.8 Å². The minimum absolute atomic E-state index is 0.0468. The molecule has 0 bridgehead atoms. The van der Waals surface area contributed by atoms with Crippen LogP contribution in [0.5, 0.6) is 0 Å². The van der Waals surface area contributed by atoms with Crippen LogP contribution in [0.15, 0.2) is 12.2 Å². The fourth-order valence-electron chi connectivity index (χ4n) is 2.71. The molecule has 0 spiro atoms. The van der Waals surface area contributed by atoms with Crippen molar-refractivity contribution in [3.8, 4) is 0 Å². The smallest absolute Gasteiger partial charge is 0.333 e. The van der Waals surface area contributed by atoms with Crippen LogP contribution in [0, 0.1) is 17.8 Å². The van der Waals surface area contributed by atoms with Gasteiger partial charge in [-0.3, -0.25) is 9.59 Å². The van der Waals surface area contributed by atoms with Crippen LogP contribution in [0.4, 0.5) is 0 Å². The first-order valence-corrected chi connectivity index (χ1v) is 8.02. The lowest BCUT2D eigenvalue weighted by atomic mass is 9.74. The second-order valence-corrected chi connectivity index (χ2v) is 6.32. The van der Waals surface area contributed by atoms with E-state index in [9.17, 15) is 19.5 Å². The molecule has 0 aromatic carbocycles. The molecule has 4 unspecified atom stereocenters. The standard InChI is InChI=1S/C17H26O6/c1-5-12(9-22-16(20)10(2)3)23-17(21)13-7-6-11(4)8-14(13)15(18)19/h11-14H,2,5-9H2,1,3-4H3,(H,18,19). The maximum atomic E-state index is 12.3. The molecule has 1 aliphatic carbocycles. The minimum Gasteiger partial charge on any atom is -0.481 e. The number of carboxylic acids is 1. The van der Waals surface area contributed by atoms with Gasteiger partial charge in [0.1, 0.15) is 12.7 Å². The predicted molar refractivity (Wildman–Crippen MR) is 83.6 cm³/mol. The number of hydrogen-bond acceptors (Lipinski definition) is 5. The highest BCUT2D eigenvalue weighted by molar-refractivity contribution is 5.87. The van der Waals surface area contributed by atoms with E-state index in [2.05, 4.69) is 6.58 Å². The predicted octanol–water partition coefficient (Wildman–Crippen LogP) is 2.56. The first-order valence-electron chi connectivity index (χ1n) is 8.02. The van der Waals surface area contributed by atoms with Crippen molar-refractivity contribution in [2.24, 2.45) is 17.8 Å². The molecule has 0 aromatic rings. The number of carbonyl (C=O) groups is 3. The molecule has 4 atom stereocenters. The molecule has 1 saturated carbocycles. The van der Waals surface area contributed by atoms with Crippen LogP contribution in [0.2, 0.25) is 0 Å². The van der Waals surface area contributed by atoms with Crippen LogP contribution in [-0.4, -0.2) is 35.7 Å². The van der Waals surface area contributed by atoms with E-state index in [0.717, 1.165) is 6.42 Å². The number of esters is 2. The van der Waals surface area contributed by atoms with Crippen LogP contribution in [0.1, 0.15) is 46.5 Å². The van der Waals surface area contributed by atoms with Gasteiger partial charge in [-0.25, -0.2) is 4.79 Å². The number of carbonyl (C=O) groups excluding carboxylic acids is 2. The zero-order valence-electron chi connectivity index (χ0n) is 14.0. The van der Waals surface area contributed by atoms with Gasteiger partial charge in [0.15, 0.2) is 0 Å². The summed E-state index contributed by atoms with van der Waals surface area (Å²) in [6.45, 7) is 8.77. The molecular formula is C17H26O6. The monoisotopic (exact) mass is 326 g/mol. The molecule has 0 aliphatic heterocycles. The zero-order chi connectivity index (χ0) is 17.6. The van der Waals surface area contributed by atoms with E-state index >= 15 is 0 Å². The van der Waals surface area contributed by atoms with Crippen molar-refractivity contribution in [2.45, 2.75) is 52.6 Å². The second kappa shape index (κ2) is 8.70. The Morgan fingerprint density at radius 2 is 1.91 bits per heavy atom. The Morgan fingerprint density at radius 3 is 2.43 bits per heavy atom. The van der Waals surface area contributed by atoms with Gasteiger partial charge in [-0.2, -0.15) is 0 Å². The highest BCUT2D eigenvalue weighted by Gasteiger charge is 2.39. The lowest BCUT2D eigenvalue weighted by Gasteiger charge is -2.31. The molecule has 1 aliphatic rings. The number of ether oxygens (including phenoxy) is 2. The first-order chi connectivity index (χ1) is 10.8. The first kappa shape index (κ1) is 19.2. The Balaban J connectivity index is 2.62. The SMILES string of the molecule is C=C(C)C(=O)OCC(CC)OC(=O)C1CCC(C)CC1C(=O)O. The molecule has 1 N–H and O–H groups in total. The van der Waals surface area contributed by atoms with Crippen molar-refractivity contribution in [3.05, 3.63) is 12.2 Å². The third-order valence-corrected chi connectivity index (χ3v) is 4.22.